The van der Waals surface area contributed by atoms with Crippen molar-refractivity contribution in [3.05, 3.63) is 113 Å². The SMILES string of the molecule is COc1ccc(CC(=O)OCCc2ccc(C3CCN(OC(=O)OC(C)(C)C)CC3OCc3ccc4ccccc4c3)cc2)cc1. The van der Waals surface area contributed by atoms with Crippen molar-refractivity contribution in [1.29, 1.82) is 0 Å². The van der Waals surface area contributed by atoms with Crippen molar-refractivity contribution < 1.29 is 33.4 Å². The van der Waals surface area contributed by atoms with Crippen molar-refractivity contribution >= 4 is 22.9 Å². The van der Waals surface area contributed by atoms with E-state index in [1.165, 1.54) is 10.8 Å². The first-order valence-corrected chi connectivity index (χ1v) is 15.8. The molecule has 0 saturated carbocycles. The van der Waals surface area contributed by atoms with Gasteiger partial charge in [0.15, 0.2) is 0 Å². The average Bonchev–Trinajstić information content (AvgIpc) is 3.03. The molecule has 242 valence electrons. The van der Waals surface area contributed by atoms with E-state index in [-0.39, 0.29) is 24.4 Å². The first-order valence-electron chi connectivity index (χ1n) is 15.8. The molecule has 1 aliphatic rings. The zero-order chi connectivity index (χ0) is 32.5. The Kier molecular flexibility index (Phi) is 10.9. The summed E-state index contributed by atoms with van der Waals surface area (Å²) >= 11 is 0. The molecular weight excluding hydrogens is 582 g/mol. The van der Waals surface area contributed by atoms with Crippen LogP contribution in [0.2, 0.25) is 0 Å². The second kappa shape index (κ2) is 15.3. The zero-order valence-corrected chi connectivity index (χ0v) is 27.1. The number of benzene rings is 4. The first-order chi connectivity index (χ1) is 22.1. The number of piperidine rings is 1. The van der Waals surface area contributed by atoms with Crippen molar-refractivity contribution in [1.82, 2.24) is 5.06 Å². The summed E-state index contributed by atoms with van der Waals surface area (Å²) in [6.07, 6.45) is 0.659. The van der Waals surface area contributed by atoms with Gasteiger partial charge in [-0.25, -0.2) is 4.79 Å². The summed E-state index contributed by atoms with van der Waals surface area (Å²) in [4.78, 5) is 30.3. The summed E-state index contributed by atoms with van der Waals surface area (Å²) in [5.41, 5.74) is 3.56. The predicted molar refractivity (Wildman–Crippen MR) is 177 cm³/mol. The highest BCUT2D eigenvalue weighted by atomic mass is 16.8. The van der Waals surface area contributed by atoms with E-state index >= 15 is 0 Å². The van der Waals surface area contributed by atoms with Crippen LogP contribution in [-0.4, -0.2) is 55.7 Å². The maximum absolute atomic E-state index is 12.4. The molecule has 1 aliphatic heterocycles. The average molecular weight is 626 g/mol. The number of nitrogens with zero attached hydrogens (tertiary/aromatic N) is 1. The largest absolute Gasteiger partial charge is 0.528 e. The number of ether oxygens (including phenoxy) is 4. The number of rotatable bonds is 11. The fourth-order valence-corrected chi connectivity index (χ4v) is 5.60. The maximum Gasteiger partial charge on any atom is 0.528 e. The summed E-state index contributed by atoms with van der Waals surface area (Å²) in [6, 6.07) is 30.4. The van der Waals surface area contributed by atoms with E-state index in [2.05, 4.69) is 54.6 Å². The van der Waals surface area contributed by atoms with Crippen LogP contribution in [-0.2, 0) is 43.3 Å². The fourth-order valence-electron chi connectivity index (χ4n) is 5.60. The lowest BCUT2D eigenvalue weighted by atomic mass is 9.87. The predicted octanol–water partition coefficient (Wildman–Crippen LogP) is 7.42. The Balaban J connectivity index is 1.19. The normalized spacial score (nSPS) is 17.0. The second-order valence-electron chi connectivity index (χ2n) is 12.6. The molecular formula is C38H43NO7. The highest BCUT2D eigenvalue weighted by Gasteiger charge is 2.34. The molecule has 8 heteroatoms. The third-order valence-corrected chi connectivity index (χ3v) is 7.96. The van der Waals surface area contributed by atoms with E-state index < -0.39 is 11.8 Å². The van der Waals surface area contributed by atoms with Gasteiger partial charge in [-0.3, -0.25) is 4.79 Å². The van der Waals surface area contributed by atoms with Gasteiger partial charge in [-0.2, -0.15) is 0 Å². The monoisotopic (exact) mass is 625 g/mol. The number of esters is 1. The van der Waals surface area contributed by atoms with Crippen LogP contribution in [0.25, 0.3) is 10.8 Å². The van der Waals surface area contributed by atoms with Crippen LogP contribution in [0.3, 0.4) is 0 Å². The van der Waals surface area contributed by atoms with Crippen LogP contribution in [0.15, 0.2) is 91.0 Å². The number of fused-ring (bicyclic) bond motifs is 1. The van der Waals surface area contributed by atoms with Crippen molar-refractivity contribution in [2.75, 3.05) is 26.8 Å². The number of methoxy groups -OCH3 is 1. The number of hydroxylamine groups is 2. The quantitative estimate of drug-likeness (QED) is 0.159. The minimum Gasteiger partial charge on any atom is -0.497 e. The molecule has 2 unspecified atom stereocenters. The molecule has 2 atom stereocenters. The van der Waals surface area contributed by atoms with Gasteiger partial charge in [-0.15, -0.1) is 5.06 Å². The van der Waals surface area contributed by atoms with Crippen LogP contribution >= 0.6 is 0 Å². The summed E-state index contributed by atoms with van der Waals surface area (Å²) in [7, 11) is 1.61. The van der Waals surface area contributed by atoms with Gasteiger partial charge >= 0.3 is 12.1 Å². The van der Waals surface area contributed by atoms with Gasteiger partial charge in [0.05, 0.1) is 39.4 Å². The van der Waals surface area contributed by atoms with E-state index in [4.69, 9.17) is 23.8 Å². The van der Waals surface area contributed by atoms with Crippen molar-refractivity contribution in [2.45, 2.75) is 64.3 Å². The van der Waals surface area contributed by atoms with Crippen LogP contribution in [0.4, 0.5) is 4.79 Å². The van der Waals surface area contributed by atoms with Gasteiger partial charge in [0, 0.05) is 18.9 Å². The molecule has 0 radical (unpaired) electrons. The number of carbonyl (C=O) groups is 2. The molecule has 0 N–H and O–H groups in total. The Morgan fingerprint density at radius 1 is 0.848 bits per heavy atom. The van der Waals surface area contributed by atoms with Gasteiger partial charge < -0.3 is 23.8 Å². The van der Waals surface area contributed by atoms with Gasteiger partial charge in [0.2, 0.25) is 0 Å². The standard InChI is InChI=1S/C38H43NO7/c1-38(2,3)45-37(41)46-39-21-19-34(35(25-39)44-26-29-11-14-30-7-5-6-8-32(30)23-29)31-15-9-27(10-16-31)20-22-43-36(40)24-28-12-17-33(42-4)18-13-28/h5-18,23,34-35H,19-22,24-26H2,1-4H3. The topological polar surface area (TPSA) is 83.5 Å². The van der Waals surface area contributed by atoms with E-state index in [0.29, 0.717) is 32.7 Å². The van der Waals surface area contributed by atoms with Gasteiger partial charge in [-0.05, 0) is 78.4 Å². The summed E-state index contributed by atoms with van der Waals surface area (Å²) in [5.74, 6) is 0.604. The Morgan fingerprint density at radius 3 is 2.26 bits per heavy atom. The summed E-state index contributed by atoms with van der Waals surface area (Å²) in [6.45, 7) is 7.16. The molecule has 5 rings (SSSR count). The lowest BCUT2D eigenvalue weighted by molar-refractivity contribution is -0.179. The van der Waals surface area contributed by atoms with E-state index in [0.717, 1.165) is 34.4 Å². The maximum atomic E-state index is 12.4. The Hall–Kier alpha value is -4.40. The number of hydrogen-bond acceptors (Lipinski definition) is 8. The fraction of sp³-hybridized carbons (Fsp3) is 0.368. The van der Waals surface area contributed by atoms with Gasteiger partial charge in [-0.1, -0.05) is 72.8 Å². The van der Waals surface area contributed by atoms with E-state index in [9.17, 15) is 9.59 Å². The van der Waals surface area contributed by atoms with Crippen LogP contribution in [0, 0.1) is 0 Å². The molecule has 1 fully saturated rings. The van der Waals surface area contributed by atoms with E-state index in [1.54, 1.807) is 12.2 Å². The molecule has 0 bridgehead atoms. The highest BCUT2D eigenvalue weighted by molar-refractivity contribution is 5.83. The molecule has 1 saturated heterocycles. The van der Waals surface area contributed by atoms with Crippen molar-refractivity contribution in [3.8, 4) is 5.75 Å². The zero-order valence-electron chi connectivity index (χ0n) is 27.1. The van der Waals surface area contributed by atoms with Gasteiger partial charge in [0.1, 0.15) is 11.4 Å². The van der Waals surface area contributed by atoms with Crippen LogP contribution in [0.1, 0.15) is 55.4 Å². The van der Waals surface area contributed by atoms with Crippen molar-refractivity contribution in [3.63, 3.8) is 0 Å². The minimum absolute atomic E-state index is 0.107. The first kappa shape index (κ1) is 33.0. The van der Waals surface area contributed by atoms with Crippen molar-refractivity contribution in [2.24, 2.45) is 0 Å². The molecule has 0 aromatic heterocycles. The molecule has 1 heterocycles. The third kappa shape index (κ3) is 9.55. The Morgan fingerprint density at radius 2 is 1.54 bits per heavy atom. The molecule has 0 amide bonds. The molecule has 8 nitrogen and oxygen atoms in total. The molecule has 4 aromatic carbocycles. The highest BCUT2D eigenvalue weighted by Crippen LogP contribution is 2.32. The summed E-state index contributed by atoms with van der Waals surface area (Å²) in [5, 5.41) is 4.00. The number of hydrogen-bond donors (Lipinski definition) is 0. The lowest BCUT2D eigenvalue weighted by Gasteiger charge is -2.37. The smallest absolute Gasteiger partial charge is 0.497 e. The molecule has 0 aliphatic carbocycles. The minimum atomic E-state index is -0.715. The summed E-state index contributed by atoms with van der Waals surface area (Å²) < 4.78 is 22.6. The molecule has 0 spiro atoms. The van der Waals surface area contributed by atoms with Crippen LogP contribution < -0.4 is 4.74 Å². The third-order valence-electron chi connectivity index (χ3n) is 7.96. The Labute approximate surface area is 271 Å². The van der Waals surface area contributed by atoms with E-state index in [1.807, 2.05) is 57.2 Å². The Bertz CT molecular complexity index is 1590. The number of carbonyl (C=O) groups excluding carboxylic acids is 2. The second-order valence-corrected chi connectivity index (χ2v) is 12.6. The van der Waals surface area contributed by atoms with Gasteiger partial charge in [0.25, 0.3) is 0 Å². The lowest BCUT2D eigenvalue weighted by Crippen LogP contribution is -2.45. The molecule has 46 heavy (non-hydrogen) atoms. The molecule has 4 aromatic rings. The van der Waals surface area contributed by atoms with Crippen LogP contribution in [0.5, 0.6) is 5.75 Å².